The average molecular weight is 347 g/mol. The summed E-state index contributed by atoms with van der Waals surface area (Å²) >= 11 is 0. The van der Waals surface area contributed by atoms with Crippen molar-refractivity contribution in [2.75, 3.05) is 12.3 Å². The van der Waals surface area contributed by atoms with Gasteiger partial charge in [0, 0.05) is 13.1 Å². The molecule has 1 aromatic heterocycles. The first kappa shape index (κ1) is 17.4. The minimum Gasteiger partial charge on any atom is -0.387 e. The largest absolute Gasteiger partial charge is 0.387 e. The van der Waals surface area contributed by atoms with Crippen molar-refractivity contribution in [2.45, 2.75) is 31.1 Å². The van der Waals surface area contributed by atoms with Gasteiger partial charge in [-0.05, 0) is 5.56 Å². The van der Waals surface area contributed by atoms with Crippen LogP contribution in [0.1, 0.15) is 22.3 Å². The van der Waals surface area contributed by atoms with Gasteiger partial charge < -0.3 is 31.7 Å². The molecule has 4 atom stereocenters. The molecule has 9 heteroatoms. The molecular weight excluding hydrogens is 326 g/mol. The van der Waals surface area contributed by atoms with Gasteiger partial charge in [-0.25, -0.2) is 4.98 Å². The zero-order valence-corrected chi connectivity index (χ0v) is 13.4. The standard InChI is InChI=1S/C16H21N5O4/c17-14-11(15(18)24)20-8-21(14)16-13(23)12(22)10(25-16)7-19-6-9-4-2-1-3-5-9/h1-5,8,10,12-13,16,19,22-23H,6-7,17H2,(H2,18,24)/t10-,12-,13-,16?/m1/s1. The molecule has 134 valence electrons. The number of benzene rings is 1. The Morgan fingerprint density at radius 1 is 1.28 bits per heavy atom. The van der Waals surface area contributed by atoms with Crippen molar-refractivity contribution in [3.63, 3.8) is 0 Å². The van der Waals surface area contributed by atoms with Crippen LogP contribution < -0.4 is 16.8 Å². The summed E-state index contributed by atoms with van der Waals surface area (Å²) in [7, 11) is 0. The molecule has 1 amide bonds. The van der Waals surface area contributed by atoms with E-state index in [0.29, 0.717) is 13.1 Å². The maximum absolute atomic E-state index is 11.2. The van der Waals surface area contributed by atoms with Gasteiger partial charge in [0.05, 0.1) is 6.33 Å². The van der Waals surface area contributed by atoms with E-state index in [0.717, 1.165) is 5.56 Å². The number of ether oxygens (including phenoxy) is 1. The van der Waals surface area contributed by atoms with Crippen molar-refractivity contribution in [1.82, 2.24) is 14.9 Å². The molecule has 7 N–H and O–H groups in total. The van der Waals surface area contributed by atoms with Gasteiger partial charge in [-0.1, -0.05) is 30.3 Å². The highest BCUT2D eigenvalue weighted by Gasteiger charge is 2.44. The van der Waals surface area contributed by atoms with Gasteiger partial charge in [-0.3, -0.25) is 9.36 Å². The van der Waals surface area contributed by atoms with Crippen molar-refractivity contribution in [3.05, 3.63) is 47.9 Å². The zero-order chi connectivity index (χ0) is 18.0. The van der Waals surface area contributed by atoms with Gasteiger partial charge in [0.15, 0.2) is 11.9 Å². The molecule has 9 nitrogen and oxygen atoms in total. The molecule has 25 heavy (non-hydrogen) atoms. The van der Waals surface area contributed by atoms with Crippen molar-refractivity contribution < 1.29 is 19.7 Å². The molecule has 2 aromatic rings. The number of aliphatic hydroxyl groups is 2. The van der Waals surface area contributed by atoms with Gasteiger partial charge >= 0.3 is 0 Å². The Bertz CT molecular complexity index is 735. The molecule has 1 unspecified atom stereocenters. The number of primary amides is 1. The maximum Gasteiger partial charge on any atom is 0.271 e. The number of aromatic nitrogens is 2. The van der Waals surface area contributed by atoms with Crippen LogP contribution in [0.4, 0.5) is 5.82 Å². The number of nitrogen functional groups attached to an aromatic ring is 1. The van der Waals surface area contributed by atoms with Crippen molar-refractivity contribution >= 4 is 11.7 Å². The van der Waals surface area contributed by atoms with Crippen molar-refractivity contribution in [1.29, 1.82) is 0 Å². The third-order valence-electron chi connectivity index (χ3n) is 4.19. The molecule has 0 spiro atoms. The number of carbonyl (C=O) groups is 1. The molecule has 3 rings (SSSR count). The Balaban J connectivity index is 1.64. The lowest BCUT2D eigenvalue weighted by Gasteiger charge is -2.17. The molecule has 1 aliphatic heterocycles. The van der Waals surface area contributed by atoms with Crippen molar-refractivity contribution in [3.8, 4) is 0 Å². The minimum atomic E-state index is -1.21. The topological polar surface area (TPSA) is 149 Å². The van der Waals surface area contributed by atoms with Gasteiger partial charge in [0.25, 0.3) is 5.91 Å². The number of nitrogens with two attached hydrogens (primary N) is 2. The van der Waals surface area contributed by atoms with Gasteiger partial charge in [0.2, 0.25) is 0 Å². The fraction of sp³-hybridized carbons (Fsp3) is 0.375. The van der Waals surface area contributed by atoms with Crippen LogP contribution in [0.5, 0.6) is 0 Å². The van der Waals surface area contributed by atoms with E-state index in [2.05, 4.69) is 10.3 Å². The number of hydrogen-bond acceptors (Lipinski definition) is 7. The summed E-state index contributed by atoms with van der Waals surface area (Å²) in [4.78, 5) is 15.1. The molecule has 0 aliphatic carbocycles. The summed E-state index contributed by atoms with van der Waals surface area (Å²) in [6.45, 7) is 0.939. The molecular formula is C16H21N5O4. The Morgan fingerprint density at radius 2 is 2.00 bits per heavy atom. The normalized spacial score (nSPS) is 26.0. The Labute approximate surface area is 144 Å². The highest BCUT2D eigenvalue weighted by Crippen LogP contribution is 2.31. The second-order valence-electron chi connectivity index (χ2n) is 5.91. The molecule has 0 radical (unpaired) electrons. The maximum atomic E-state index is 11.2. The third-order valence-corrected chi connectivity index (χ3v) is 4.19. The van der Waals surface area contributed by atoms with Crippen LogP contribution in [0.3, 0.4) is 0 Å². The number of hydrogen-bond donors (Lipinski definition) is 5. The Hall–Kier alpha value is -2.46. The van der Waals surface area contributed by atoms with Crippen LogP contribution in [0.15, 0.2) is 36.7 Å². The van der Waals surface area contributed by atoms with Gasteiger partial charge in [-0.15, -0.1) is 0 Å². The summed E-state index contributed by atoms with van der Waals surface area (Å²) in [6, 6.07) is 9.78. The number of rotatable bonds is 6. The number of imidazole rings is 1. The number of anilines is 1. The fourth-order valence-electron chi connectivity index (χ4n) is 2.85. The van der Waals surface area contributed by atoms with E-state index in [4.69, 9.17) is 16.2 Å². The number of carbonyl (C=O) groups excluding carboxylic acids is 1. The van der Waals surface area contributed by atoms with Crippen LogP contribution in [-0.2, 0) is 11.3 Å². The smallest absolute Gasteiger partial charge is 0.271 e. The minimum absolute atomic E-state index is 0.0124. The van der Waals surface area contributed by atoms with Crippen LogP contribution in [0.25, 0.3) is 0 Å². The molecule has 2 heterocycles. The molecule has 1 fully saturated rings. The Morgan fingerprint density at radius 3 is 2.64 bits per heavy atom. The lowest BCUT2D eigenvalue weighted by atomic mass is 10.1. The predicted octanol–water partition coefficient (Wildman–Crippen LogP) is -1.03. The third kappa shape index (κ3) is 3.49. The zero-order valence-electron chi connectivity index (χ0n) is 13.4. The summed E-state index contributed by atoms with van der Waals surface area (Å²) in [5.41, 5.74) is 12.0. The predicted molar refractivity (Wildman–Crippen MR) is 89.2 cm³/mol. The highest BCUT2D eigenvalue weighted by atomic mass is 16.6. The second kappa shape index (κ2) is 7.19. The van der Waals surface area contributed by atoms with E-state index >= 15 is 0 Å². The molecule has 1 saturated heterocycles. The number of amides is 1. The first-order valence-corrected chi connectivity index (χ1v) is 7.87. The second-order valence-corrected chi connectivity index (χ2v) is 5.91. The van der Waals surface area contributed by atoms with E-state index in [1.54, 1.807) is 0 Å². The number of nitrogens with one attached hydrogen (secondary N) is 1. The number of nitrogens with zero attached hydrogens (tertiary/aromatic N) is 2. The number of aliphatic hydroxyl groups excluding tert-OH is 2. The summed E-state index contributed by atoms with van der Waals surface area (Å²) in [5.74, 6) is -0.785. The lowest BCUT2D eigenvalue weighted by molar-refractivity contribution is -0.0351. The van der Waals surface area contributed by atoms with Crippen LogP contribution in [0, 0.1) is 0 Å². The fourth-order valence-corrected chi connectivity index (χ4v) is 2.85. The monoisotopic (exact) mass is 347 g/mol. The van der Waals surface area contributed by atoms with E-state index in [9.17, 15) is 15.0 Å². The molecule has 1 aromatic carbocycles. The van der Waals surface area contributed by atoms with Crippen molar-refractivity contribution in [2.24, 2.45) is 5.73 Å². The van der Waals surface area contributed by atoms with E-state index in [1.807, 2.05) is 30.3 Å². The molecule has 0 bridgehead atoms. The van der Waals surface area contributed by atoms with E-state index in [1.165, 1.54) is 10.9 Å². The average Bonchev–Trinajstić information content (AvgIpc) is 3.11. The summed E-state index contributed by atoms with van der Waals surface area (Å²) in [5, 5.41) is 23.6. The van der Waals surface area contributed by atoms with E-state index in [-0.39, 0.29) is 11.5 Å². The van der Waals surface area contributed by atoms with Crippen LogP contribution in [0.2, 0.25) is 0 Å². The first-order valence-electron chi connectivity index (χ1n) is 7.87. The van der Waals surface area contributed by atoms with Crippen LogP contribution >= 0.6 is 0 Å². The quantitative estimate of drug-likeness (QED) is 0.449. The first-order chi connectivity index (χ1) is 12.0. The summed E-state index contributed by atoms with van der Waals surface area (Å²) < 4.78 is 7.01. The SMILES string of the molecule is NC(=O)c1ncn(C2O[C@H](CNCc3ccccc3)[C@@H](O)[C@H]2O)c1N. The lowest BCUT2D eigenvalue weighted by Crippen LogP contribution is -2.37. The highest BCUT2D eigenvalue weighted by molar-refractivity contribution is 5.95. The van der Waals surface area contributed by atoms with Gasteiger partial charge in [-0.2, -0.15) is 0 Å². The van der Waals surface area contributed by atoms with E-state index < -0.39 is 30.4 Å². The Kier molecular flexibility index (Phi) is 5.00. The summed E-state index contributed by atoms with van der Waals surface area (Å²) in [6.07, 6.45) is -2.63. The molecule has 1 aliphatic rings. The molecule has 0 saturated carbocycles. The van der Waals surface area contributed by atoms with Crippen LogP contribution in [-0.4, -0.2) is 50.5 Å². The van der Waals surface area contributed by atoms with Gasteiger partial charge in [0.1, 0.15) is 24.1 Å².